The number of fused-ring (bicyclic) bond motifs is 1. The van der Waals surface area contributed by atoms with Gasteiger partial charge in [0.05, 0.1) is 12.4 Å². The highest BCUT2D eigenvalue weighted by Crippen LogP contribution is 2.60. The van der Waals surface area contributed by atoms with Crippen molar-refractivity contribution < 1.29 is 19.4 Å². The maximum Gasteiger partial charge on any atom is 0.303 e. The molecule has 0 spiro atoms. The van der Waals surface area contributed by atoms with Crippen molar-refractivity contribution in [1.82, 2.24) is 0 Å². The zero-order valence-electron chi connectivity index (χ0n) is 21.0. The summed E-state index contributed by atoms with van der Waals surface area (Å²) >= 11 is 0. The normalized spacial score (nSPS) is 27.1. The van der Waals surface area contributed by atoms with Gasteiger partial charge in [0.1, 0.15) is 5.76 Å². The van der Waals surface area contributed by atoms with E-state index in [4.69, 9.17) is 9.52 Å². The van der Waals surface area contributed by atoms with E-state index in [1.807, 2.05) is 19.3 Å². The molecule has 188 valence electrons. The smallest absolute Gasteiger partial charge is 0.303 e. The van der Waals surface area contributed by atoms with E-state index in [0.717, 1.165) is 65.9 Å². The fourth-order valence-corrected chi connectivity index (χ4v) is 6.16. The molecule has 2 fully saturated rings. The van der Waals surface area contributed by atoms with Gasteiger partial charge in [0.25, 0.3) is 0 Å². The first-order chi connectivity index (χ1) is 17.5. The van der Waals surface area contributed by atoms with E-state index in [1.54, 1.807) is 0 Å². The van der Waals surface area contributed by atoms with Crippen molar-refractivity contribution in [3.63, 3.8) is 0 Å². The average molecular weight is 485 g/mol. The van der Waals surface area contributed by atoms with Crippen LogP contribution in [-0.2, 0) is 11.2 Å². The van der Waals surface area contributed by atoms with Crippen molar-refractivity contribution in [2.24, 2.45) is 29.6 Å². The fraction of sp³-hybridized carbons (Fsp3) is 0.469. The number of furan rings is 1. The molecule has 0 saturated heterocycles. The summed E-state index contributed by atoms with van der Waals surface area (Å²) in [5.74, 6) is 10.3. The lowest BCUT2D eigenvalue weighted by molar-refractivity contribution is -0.137. The number of carbonyl (C=O) groups is 1. The van der Waals surface area contributed by atoms with Gasteiger partial charge in [-0.05, 0) is 92.0 Å². The third-order valence-electron chi connectivity index (χ3n) is 8.23. The number of benzene rings is 1. The number of aliphatic hydroxyl groups is 1. The molecule has 1 aromatic heterocycles. The molecule has 2 N–H and O–H groups in total. The van der Waals surface area contributed by atoms with Crippen LogP contribution in [0.25, 0.3) is 11.3 Å². The van der Waals surface area contributed by atoms with E-state index in [1.165, 1.54) is 24.8 Å². The molecule has 36 heavy (non-hydrogen) atoms. The molecule has 2 saturated carbocycles. The molecule has 4 heteroatoms. The van der Waals surface area contributed by atoms with Crippen molar-refractivity contribution in [3.8, 4) is 23.2 Å². The van der Waals surface area contributed by atoms with E-state index in [-0.39, 0.29) is 0 Å². The Labute approximate surface area is 214 Å². The maximum atomic E-state index is 10.6. The molecule has 6 atom stereocenters. The molecule has 3 aliphatic rings. The predicted molar refractivity (Wildman–Crippen MR) is 141 cm³/mol. The van der Waals surface area contributed by atoms with Crippen molar-refractivity contribution in [2.75, 3.05) is 0 Å². The molecule has 0 amide bonds. The number of rotatable bonds is 9. The van der Waals surface area contributed by atoms with Gasteiger partial charge < -0.3 is 14.6 Å². The van der Waals surface area contributed by atoms with Crippen molar-refractivity contribution >= 4 is 5.97 Å². The van der Waals surface area contributed by atoms with Crippen molar-refractivity contribution in [1.29, 1.82) is 0 Å². The van der Waals surface area contributed by atoms with Crippen LogP contribution in [0.4, 0.5) is 0 Å². The number of carboxylic acids is 1. The van der Waals surface area contributed by atoms with E-state index < -0.39 is 12.1 Å². The Morgan fingerprint density at radius 3 is 2.67 bits per heavy atom. The van der Waals surface area contributed by atoms with E-state index >= 15 is 0 Å². The number of hydrogen-bond donors (Lipinski definition) is 2. The summed E-state index contributed by atoms with van der Waals surface area (Å²) in [5.41, 5.74) is 4.37. The molecule has 1 heterocycles. The number of aliphatic hydroxyl groups excluding tert-OH is 1. The number of allylic oxidation sites excluding steroid dienone is 3. The summed E-state index contributed by atoms with van der Waals surface area (Å²) in [6.07, 6.45) is 15.4. The monoisotopic (exact) mass is 484 g/mol. The van der Waals surface area contributed by atoms with Gasteiger partial charge >= 0.3 is 5.97 Å². The third kappa shape index (κ3) is 6.02. The van der Waals surface area contributed by atoms with Crippen molar-refractivity contribution in [3.05, 3.63) is 71.5 Å². The lowest BCUT2D eigenvalue weighted by Crippen LogP contribution is -2.13. The third-order valence-corrected chi connectivity index (χ3v) is 8.23. The Morgan fingerprint density at radius 1 is 1.17 bits per heavy atom. The van der Waals surface area contributed by atoms with Gasteiger partial charge in [0.15, 0.2) is 0 Å². The van der Waals surface area contributed by atoms with Gasteiger partial charge in [0, 0.05) is 23.5 Å². The summed E-state index contributed by atoms with van der Waals surface area (Å²) < 4.78 is 5.87. The Hall–Kier alpha value is -3.03. The topological polar surface area (TPSA) is 70.7 Å². The quantitative estimate of drug-likeness (QED) is 0.309. The maximum absolute atomic E-state index is 10.6. The van der Waals surface area contributed by atoms with Crippen molar-refractivity contribution in [2.45, 2.75) is 64.4 Å². The zero-order valence-corrected chi connectivity index (χ0v) is 21.0. The highest BCUT2D eigenvalue weighted by atomic mass is 16.4. The number of unbranched alkanes of at least 4 members (excludes halogenated alkanes) is 1. The first kappa shape index (κ1) is 24.7. The van der Waals surface area contributed by atoms with E-state index in [9.17, 15) is 9.90 Å². The summed E-state index contributed by atoms with van der Waals surface area (Å²) in [5, 5.41) is 18.6. The molecule has 3 aliphatic carbocycles. The molecule has 0 bridgehead atoms. The summed E-state index contributed by atoms with van der Waals surface area (Å²) in [7, 11) is 0. The van der Waals surface area contributed by atoms with Gasteiger partial charge in [-0.2, -0.15) is 0 Å². The van der Waals surface area contributed by atoms with E-state index in [0.29, 0.717) is 18.3 Å². The minimum absolute atomic E-state index is 0.301. The number of hydrogen-bond acceptors (Lipinski definition) is 3. The van der Waals surface area contributed by atoms with Crippen LogP contribution in [0.3, 0.4) is 0 Å². The Balaban J connectivity index is 1.09. The molecule has 4 nitrogen and oxygen atoms in total. The molecule has 1 aromatic carbocycles. The van der Waals surface area contributed by atoms with E-state index in [2.05, 4.69) is 54.3 Å². The second kappa shape index (κ2) is 10.9. The van der Waals surface area contributed by atoms with Crippen LogP contribution in [0, 0.1) is 41.4 Å². The lowest BCUT2D eigenvalue weighted by atomic mass is 9.88. The first-order valence-corrected chi connectivity index (χ1v) is 13.4. The Morgan fingerprint density at radius 2 is 1.94 bits per heavy atom. The van der Waals surface area contributed by atoms with Crippen LogP contribution in [0.1, 0.15) is 63.0 Å². The van der Waals surface area contributed by atoms with Crippen LogP contribution in [0.2, 0.25) is 0 Å². The highest BCUT2D eigenvalue weighted by Gasteiger charge is 2.54. The lowest BCUT2D eigenvalue weighted by Gasteiger charge is -2.19. The first-order valence-electron chi connectivity index (χ1n) is 13.4. The van der Waals surface area contributed by atoms with Gasteiger partial charge in [-0.15, -0.1) is 0 Å². The summed E-state index contributed by atoms with van der Waals surface area (Å²) in [6, 6.07) is 10.5. The van der Waals surface area contributed by atoms with Gasteiger partial charge in [-0.3, -0.25) is 4.79 Å². The molecule has 0 radical (unpaired) electrons. The summed E-state index contributed by atoms with van der Waals surface area (Å²) in [6.45, 7) is 1.83. The molecular weight excluding hydrogens is 448 g/mol. The number of carboxylic acid groups (broad SMARTS) is 1. The SMILES string of the molecule is C[C@H](O)C1=CC=CC(Cc2coc(-c3ccc(C#CC4[C@H]5CC(CCCCC(=O)O)C[C@@H]45)cc3)c2)C1. The summed E-state index contributed by atoms with van der Waals surface area (Å²) in [4.78, 5) is 10.6. The number of aliphatic carboxylic acids is 1. The standard InChI is InChI=1S/C32H36O4/c1-21(33)27-7-4-6-23(16-27)15-25-19-31(36-20-25)26-12-9-22(10-13-26)11-14-28-29-17-24(18-30(28)29)5-2-3-8-32(34)35/h4,6-7,9-10,12-13,19-21,23-24,28-30,33H,2-3,5,8,15-18H2,1H3,(H,34,35)/t21-,23?,24?,28?,29-,30+/m0/s1. The molecular formula is C32H36O4. The second-order valence-corrected chi connectivity index (χ2v) is 11.0. The van der Waals surface area contributed by atoms with Gasteiger partial charge in [-0.25, -0.2) is 0 Å². The zero-order chi connectivity index (χ0) is 25.1. The minimum atomic E-state index is -0.681. The van der Waals surface area contributed by atoms with Crippen LogP contribution in [-0.4, -0.2) is 22.3 Å². The minimum Gasteiger partial charge on any atom is -0.481 e. The van der Waals surface area contributed by atoms with Crippen LogP contribution < -0.4 is 0 Å². The van der Waals surface area contributed by atoms with Crippen LogP contribution >= 0.6 is 0 Å². The molecule has 5 rings (SSSR count). The molecule has 2 aromatic rings. The van der Waals surface area contributed by atoms with Gasteiger partial charge in [-0.1, -0.05) is 55.0 Å². The van der Waals surface area contributed by atoms with Gasteiger partial charge in [0.2, 0.25) is 0 Å². The second-order valence-electron chi connectivity index (χ2n) is 11.0. The Bertz CT molecular complexity index is 1170. The Kier molecular flexibility index (Phi) is 7.48. The molecule has 0 aliphatic heterocycles. The predicted octanol–water partition coefficient (Wildman–Crippen LogP) is 6.64. The average Bonchev–Trinajstić information content (AvgIpc) is 3.18. The van der Waals surface area contributed by atoms with Crippen LogP contribution in [0.15, 0.2) is 64.8 Å². The highest BCUT2D eigenvalue weighted by molar-refractivity contribution is 5.66. The largest absolute Gasteiger partial charge is 0.481 e. The molecule has 3 unspecified atom stereocenters. The fourth-order valence-electron chi connectivity index (χ4n) is 6.16. The van der Waals surface area contributed by atoms with Crippen LogP contribution in [0.5, 0.6) is 0 Å².